The highest BCUT2D eigenvalue weighted by atomic mass is 19.4. The summed E-state index contributed by atoms with van der Waals surface area (Å²) < 4.78 is 50.3. The van der Waals surface area contributed by atoms with Crippen LogP contribution in [0.5, 0.6) is 5.75 Å². The molecule has 0 saturated heterocycles. The van der Waals surface area contributed by atoms with Crippen LogP contribution in [0, 0.1) is 5.92 Å². The van der Waals surface area contributed by atoms with Crippen LogP contribution < -0.4 is 10.1 Å². The molecule has 0 amide bonds. The second kappa shape index (κ2) is 9.12. The van der Waals surface area contributed by atoms with E-state index in [-0.39, 0.29) is 17.9 Å². The Morgan fingerprint density at radius 3 is 2.65 bits per heavy atom. The lowest BCUT2D eigenvalue weighted by Gasteiger charge is -2.23. The lowest BCUT2D eigenvalue weighted by atomic mass is 10.1. The summed E-state index contributed by atoms with van der Waals surface area (Å²) in [7, 11) is 4.77. The molecule has 1 aliphatic rings. The Labute approximate surface area is 152 Å². The van der Waals surface area contributed by atoms with Crippen LogP contribution in [0.3, 0.4) is 0 Å². The van der Waals surface area contributed by atoms with Crippen LogP contribution in [0.4, 0.5) is 13.2 Å². The summed E-state index contributed by atoms with van der Waals surface area (Å²) in [4.78, 5) is 5.96. The molecule has 0 bridgehead atoms. The number of rotatable bonds is 8. The minimum absolute atomic E-state index is 0.0127. The van der Waals surface area contributed by atoms with Crippen molar-refractivity contribution in [3.05, 3.63) is 29.3 Å². The van der Waals surface area contributed by atoms with Gasteiger partial charge in [0.1, 0.15) is 5.75 Å². The molecule has 0 heterocycles. The normalized spacial score (nSPS) is 15.1. The van der Waals surface area contributed by atoms with E-state index in [0.717, 1.165) is 12.7 Å². The minimum atomic E-state index is -4.45. The fourth-order valence-corrected chi connectivity index (χ4v) is 2.50. The monoisotopic (exact) mass is 373 g/mol. The molecule has 5 nitrogen and oxygen atoms in total. The Hall–Kier alpha value is -1.96. The minimum Gasteiger partial charge on any atom is -0.497 e. The van der Waals surface area contributed by atoms with Crippen molar-refractivity contribution in [1.29, 1.82) is 0 Å². The lowest BCUT2D eigenvalue weighted by molar-refractivity contribution is -0.138. The molecule has 0 unspecified atom stereocenters. The molecule has 26 heavy (non-hydrogen) atoms. The summed E-state index contributed by atoms with van der Waals surface area (Å²) in [6.45, 7) is 1.96. The van der Waals surface area contributed by atoms with Gasteiger partial charge < -0.3 is 19.7 Å². The zero-order chi connectivity index (χ0) is 19.2. The Balaban J connectivity index is 1.92. The molecule has 0 radical (unpaired) electrons. The number of guanidine groups is 1. The Bertz CT molecular complexity index is 616. The van der Waals surface area contributed by atoms with Gasteiger partial charge in [0.15, 0.2) is 5.96 Å². The fourth-order valence-electron chi connectivity index (χ4n) is 2.50. The van der Waals surface area contributed by atoms with Crippen molar-refractivity contribution in [2.75, 3.05) is 41.0 Å². The molecule has 146 valence electrons. The molecule has 1 N–H and O–H groups in total. The summed E-state index contributed by atoms with van der Waals surface area (Å²) in [6.07, 6.45) is -1.97. The van der Waals surface area contributed by atoms with E-state index in [0.29, 0.717) is 25.0 Å². The highest BCUT2D eigenvalue weighted by Crippen LogP contribution is 2.34. The van der Waals surface area contributed by atoms with Gasteiger partial charge in [0.25, 0.3) is 0 Å². The van der Waals surface area contributed by atoms with Gasteiger partial charge in [-0.1, -0.05) is 6.07 Å². The Morgan fingerprint density at radius 2 is 2.08 bits per heavy atom. The molecule has 0 aromatic heterocycles. The molecule has 8 heteroatoms. The first kappa shape index (κ1) is 20.4. The van der Waals surface area contributed by atoms with E-state index in [9.17, 15) is 13.2 Å². The van der Waals surface area contributed by atoms with Crippen LogP contribution in [0.25, 0.3) is 0 Å². The summed E-state index contributed by atoms with van der Waals surface area (Å²) in [6, 6.07) is 3.94. The smallest absolute Gasteiger partial charge is 0.416 e. The number of nitrogens with zero attached hydrogens (tertiary/aromatic N) is 2. The summed E-state index contributed by atoms with van der Waals surface area (Å²) in [5.74, 6) is 1.40. The highest BCUT2D eigenvalue weighted by Gasteiger charge is 2.33. The van der Waals surface area contributed by atoms with E-state index in [2.05, 4.69) is 10.3 Å². The molecule has 1 fully saturated rings. The number of aliphatic imine (C=N–C) groups is 1. The quantitative estimate of drug-likeness (QED) is 0.432. The number of ether oxygens (including phenoxy) is 2. The van der Waals surface area contributed by atoms with Crippen LogP contribution in [0.2, 0.25) is 0 Å². The first-order valence-corrected chi connectivity index (χ1v) is 8.58. The van der Waals surface area contributed by atoms with Crippen molar-refractivity contribution in [3.63, 3.8) is 0 Å². The van der Waals surface area contributed by atoms with Crippen LogP contribution in [-0.4, -0.2) is 51.8 Å². The van der Waals surface area contributed by atoms with Gasteiger partial charge in [-0.05, 0) is 36.5 Å². The summed E-state index contributed by atoms with van der Waals surface area (Å²) in [5, 5.41) is 2.98. The molecule has 1 aromatic rings. The first-order chi connectivity index (χ1) is 12.3. The molecular weight excluding hydrogens is 347 g/mol. The Morgan fingerprint density at radius 1 is 1.35 bits per heavy atom. The zero-order valence-corrected chi connectivity index (χ0v) is 15.4. The van der Waals surface area contributed by atoms with Gasteiger partial charge in [-0.3, -0.25) is 4.99 Å². The highest BCUT2D eigenvalue weighted by molar-refractivity contribution is 5.79. The average molecular weight is 373 g/mol. The SMILES string of the molecule is CN=C(NCc1ccc(OC)cc1C(F)(F)F)N(C)CCOCC1CC1. The largest absolute Gasteiger partial charge is 0.497 e. The molecule has 1 aliphatic carbocycles. The standard InChI is InChI=1S/C18H26F3N3O2/c1-22-17(24(2)8-9-26-12-13-4-5-13)23-11-14-6-7-15(25-3)10-16(14)18(19,20)21/h6-7,10,13H,4-5,8-9,11-12H2,1-3H3,(H,22,23). The van der Waals surface area contributed by atoms with Crippen molar-refractivity contribution in [3.8, 4) is 5.75 Å². The second-order valence-corrected chi connectivity index (χ2v) is 6.36. The number of hydrogen-bond donors (Lipinski definition) is 1. The van der Waals surface area contributed by atoms with Gasteiger partial charge in [-0.2, -0.15) is 13.2 Å². The van der Waals surface area contributed by atoms with Crippen molar-refractivity contribution in [2.45, 2.75) is 25.6 Å². The number of likely N-dealkylation sites (N-methyl/N-ethyl adjacent to an activating group) is 1. The van der Waals surface area contributed by atoms with E-state index in [1.54, 1.807) is 7.05 Å². The van der Waals surface area contributed by atoms with Crippen molar-refractivity contribution in [1.82, 2.24) is 10.2 Å². The molecule has 1 aromatic carbocycles. The molecule has 0 spiro atoms. The van der Waals surface area contributed by atoms with Crippen molar-refractivity contribution < 1.29 is 22.6 Å². The van der Waals surface area contributed by atoms with Gasteiger partial charge in [-0.25, -0.2) is 0 Å². The summed E-state index contributed by atoms with van der Waals surface area (Å²) >= 11 is 0. The third-order valence-electron chi connectivity index (χ3n) is 4.25. The first-order valence-electron chi connectivity index (χ1n) is 8.58. The molecule has 1 saturated carbocycles. The van der Waals surface area contributed by atoms with Crippen LogP contribution >= 0.6 is 0 Å². The lowest BCUT2D eigenvalue weighted by Crippen LogP contribution is -2.40. The maximum atomic E-state index is 13.3. The maximum Gasteiger partial charge on any atom is 0.416 e. The molecule has 0 aliphatic heterocycles. The van der Waals surface area contributed by atoms with Crippen LogP contribution in [0.15, 0.2) is 23.2 Å². The van der Waals surface area contributed by atoms with Crippen LogP contribution in [0.1, 0.15) is 24.0 Å². The fraction of sp³-hybridized carbons (Fsp3) is 0.611. The number of halogens is 3. The molecular formula is C18H26F3N3O2. The topological polar surface area (TPSA) is 46.1 Å². The van der Waals surface area contributed by atoms with Gasteiger partial charge in [-0.15, -0.1) is 0 Å². The van der Waals surface area contributed by atoms with E-state index in [4.69, 9.17) is 9.47 Å². The van der Waals surface area contributed by atoms with E-state index >= 15 is 0 Å². The number of hydrogen-bond acceptors (Lipinski definition) is 3. The van der Waals surface area contributed by atoms with E-state index in [1.165, 1.54) is 32.1 Å². The van der Waals surface area contributed by atoms with Crippen molar-refractivity contribution in [2.24, 2.45) is 10.9 Å². The summed E-state index contributed by atoms with van der Waals surface area (Å²) in [5.41, 5.74) is -0.576. The number of methoxy groups -OCH3 is 1. The average Bonchev–Trinajstić information content (AvgIpc) is 3.42. The van der Waals surface area contributed by atoms with Gasteiger partial charge in [0.2, 0.25) is 0 Å². The third-order valence-corrected chi connectivity index (χ3v) is 4.25. The predicted molar refractivity (Wildman–Crippen MR) is 94.4 cm³/mol. The van der Waals surface area contributed by atoms with Crippen LogP contribution in [-0.2, 0) is 17.5 Å². The molecule has 0 atom stereocenters. The number of benzene rings is 1. The van der Waals surface area contributed by atoms with Crippen molar-refractivity contribution >= 4 is 5.96 Å². The predicted octanol–water partition coefficient (Wildman–Crippen LogP) is 3.15. The number of nitrogens with one attached hydrogen (secondary N) is 1. The second-order valence-electron chi connectivity index (χ2n) is 6.36. The Kier molecular flexibility index (Phi) is 7.14. The number of alkyl halides is 3. The van der Waals surface area contributed by atoms with E-state index < -0.39 is 11.7 Å². The molecule has 2 rings (SSSR count). The zero-order valence-electron chi connectivity index (χ0n) is 15.4. The maximum absolute atomic E-state index is 13.3. The van der Waals surface area contributed by atoms with Gasteiger partial charge in [0, 0.05) is 33.8 Å². The van der Waals surface area contributed by atoms with Gasteiger partial charge >= 0.3 is 6.18 Å². The third kappa shape index (κ3) is 6.09. The van der Waals surface area contributed by atoms with Gasteiger partial charge in [0.05, 0.1) is 19.3 Å². The van der Waals surface area contributed by atoms with E-state index in [1.807, 2.05) is 11.9 Å².